The predicted molar refractivity (Wildman–Crippen MR) is 97.0 cm³/mol. The smallest absolute Gasteiger partial charge is 0.419 e. The lowest BCUT2D eigenvalue weighted by Gasteiger charge is -2.27. The Morgan fingerprint density at radius 1 is 1.12 bits per heavy atom. The summed E-state index contributed by atoms with van der Waals surface area (Å²) >= 11 is 0. The molecule has 3 nitrogen and oxygen atoms in total. The number of hydrogen-bond donors (Lipinski definition) is 1. The van der Waals surface area contributed by atoms with Crippen molar-refractivity contribution in [1.29, 1.82) is 0 Å². The van der Waals surface area contributed by atoms with Crippen LogP contribution in [0.3, 0.4) is 0 Å². The molecule has 2 rings (SSSR count). The molecule has 1 unspecified atom stereocenters. The molecule has 0 aliphatic carbocycles. The number of aryl methyl sites for hydroxylation is 1. The molecule has 0 spiro atoms. The zero-order valence-corrected chi connectivity index (χ0v) is 15.5. The molecule has 2 N–H and O–H groups in total. The molecule has 0 bridgehead atoms. The summed E-state index contributed by atoms with van der Waals surface area (Å²) in [5.74, 6) is 0.125. The van der Waals surface area contributed by atoms with E-state index >= 15 is 0 Å². The van der Waals surface area contributed by atoms with Crippen LogP contribution in [-0.4, -0.2) is 17.1 Å². The van der Waals surface area contributed by atoms with Crippen molar-refractivity contribution in [2.45, 2.75) is 45.8 Å². The molecule has 0 radical (unpaired) electrons. The van der Waals surface area contributed by atoms with E-state index in [1.807, 2.05) is 13.8 Å². The Kier molecular flexibility index (Phi) is 5.96. The molecule has 1 atom stereocenters. The quantitative estimate of drug-likeness (QED) is 0.763. The minimum atomic E-state index is -4.52. The molecule has 1 aromatic heterocycles. The zero-order valence-electron chi connectivity index (χ0n) is 15.5. The SMILES string of the molecule is Cc1cc(-c2ccc(OCC(C)(N)CC(C)C)c(C(F)(F)F)c2)ccn1. The lowest BCUT2D eigenvalue weighted by Crippen LogP contribution is -2.43. The van der Waals surface area contributed by atoms with Gasteiger partial charge in [0.15, 0.2) is 0 Å². The number of hydrogen-bond acceptors (Lipinski definition) is 3. The molecular weight excluding hydrogens is 341 g/mol. The summed E-state index contributed by atoms with van der Waals surface area (Å²) in [5.41, 5.74) is 6.54. The van der Waals surface area contributed by atoms with Gasteiger partial charge in [0.2, 0.25) is 0 Å². The fourth-order valence-electron chi connectivity index (χ4n) is 3.02. The monoisotopic (exact) mass is 366 g/mol. The van der Waals surface area contributed by atoms with Crippen LogP contribution in [0.5, 0.6) is 5.75 Å². The van der Waals surface area contributed by atoms with Gasteiger partial charge in [-0.3, -0.25) is 4.98 Å². The zero-order chi connectivity index (χ0) is 19.5. The minimum absolute atomic E-state index is 0.0158. The van der Waals surface area contributed by atoms with E-state index in [-0.39, 0.29) is 12.4 Å². The third kappa shape index (κ3) is 5.46. The lowest BCUT2D eigenvalue weighted by molar-refractivity contribution is -0.139. The van der Waals surface area contributed by atoms with Crippen LogP contribution in [0.4, 0.5) is 13.2 Å². The van der Waals surface area contributed by atoms with Crippen LogP contribution in [0.1, 0.15) is 38.4 Å². The number of rotatable bonds is 6. The second-order valence-electron chi connectivity index (χ2n) is 7.44. The minimum Gasteiger partial charge on any atom is -0.491 e. The molecule has 0 fully saturated rings. The highest BCUT2D eigenvalue weighted by atomic mass is 19.4. The van der Waals surface area contributed by atoms with Gasteiger partial charge in [-0.2, -0.15) is 13.2 Å². The van der Waals surface area contributed by atoms with Gasteiger partial charge in [-0.25, -0.2) is 0 Å². The molecule has 0 saturated carbocycles. The average Bonchev–Trinajstić information content (AvgIpc) is 2.51. The van der Waals surface area contributed by atoms with Gasteiger partial charge in [0.1, 0.15) is 12.4 Å². The van der Waals surface area contributed by atoms with Gasteiger partial charge in [0.25, 0.3) is 0 Å². The van der Waals surface area contributed by atoms with Crippen molar-refractivity contribution in [3.05, 3.63) is 47.8 Å². The van der Waals surface area contributed by atoms with Crippen LogP contribution in [0.15, 0.2) is 36.5 Å². The molecule has 0 aliphatic heterocycles. The van der Waals surface area contributed by atoms with E-state index in [9.17, 15) is 13.2 Å². The van der Waals surface area contributed by atoms with Crippen LogP contribution >= 0.6 is 0 Å². The van der Waals surface area contributed by atoms with E-state index in [4.69, 9.17) is 10.5 Å². The van der Waals surface area contributed by atoms with Crippen LogP contribution in [0.25, 0.3) is 11.1 Å². The van der Waals surface area contributed by atoms with Gasteiger partial charge in [-0.1, -0.05) is 19.9 Å². The maximum Gasteiger partial charge on any atom is 0.419 e. The Hall–Kier alpha value is -2.08. The number of pyridine rings is 1. The molecule has 0 saturated heterocycles. The average molecular weight is 366 g/mol. The highest BCUT2D eigenvalue weighted by molar-refractivity contribution is 5.66. The third-order valence-electron chi connectivity index (χ3n) is 3.95. The van der Waals surface area contributed by atoms with Crippen molar-refractivity contribution < 1.29 is 17.9 Å². The fraction of sp³-hybridized carbons (Fsp3) is 0.450. The van der Waals surface area contributed by atoms with Gasteiger partial charge in [0, 0.05) is 17.4 Å². The first-order valence-corrected chi connectivity index (χ1v) is 8.54. The van der Waals surface area contributed by atoms with Crippen LogP contribution in [0.2, 0.25) is 0 Å². The van der Waals surface area contributed by atoms with Gasteiger partial charge < -0.3 is 10.5 Å². The van der Waals surface area contributed by atoms with Gasteiger partial charge in [0.05, 0.1) is 5.56 Å². The van der Waals surface area contributed by atoms with E-state index < -0.39 is 17.3 Å². The van der Waals surface area contributed by atoms with Crippen LogP contribution in [-0.2, 0) is 6.18 Å². The number of alkyl halides is 3. The topological polar surface area (TPSA) is 48.1 Å². The number of halogens is 3. The normalized spacial score (nSPS) is 14.3. The Bertz CT molecular complexity index is 755. The molecule has 26 heavy (non-hydrogen) atoms. The molecule has 142 valence electrons. The van der Waals surface area contributed by atoms with Crippen LogP contribution < -0.4 is 10.5 Å². The molecular formula is C20H25F3N2O. The van der Waals surface area contributed by atoms with Gasteiger partial charge >= 0.3 is 6.18 Å². The number of ether oxygens (including phenoxy) is 1. The van der Waals surface area contributed by atoms with Gasteiger partial charge in [-0.15, -0.1) is 0 Å². The first-order chi connectivity index (χ1) is 12.0. The molecule has 6 heteroatoms. The van der Waals surface area contributed by atoms with E-state index in [1.165, 1.54) is 6.07 Å². The summed E-state index contributed by atoms with van der Waals surface area (Å²) in [6, 6.07) is 7.52. The molecule has 1 heterocycles. The summed E-state index contributed by atoms with van der Waals surface area (Å²) in [5, 5.41) is 0. The van der Waals surface area contributed by atoms with Crippen molar-refractivity contribution in [2.24, 2.45) is 11.7 Å². The third-order valence-corrected chi connectivity index (χ3v) is 3.95. The number of aromatic nitrogens is 1. The Labute approximate surface area is 152 Å². The van der Waals surface area contributed by atoms with Crippen LogP contribution in [0, 0.1) is 12.8 Å². The van der Waals surface area contributed by atoms with Crippen molar-refractivity contribution in [2.75, 3.05) is 6.61 Å². The van der Waals surface area contributed by atoms with Crippen molar-refractivity contribution in [3.8, 4) is 16.9 Å². The Morgan fingerprint density at radius 3 is 2.35 bits per heavy atom. The summed E-state index contributed by atoms with van der Waals surface area (Å²) in [6.45, 7) is 7.62. The second-order valence-corrected chi connectivity index (χ2v) is 7.44. The van der Waals surface area contributed by atoms with E-state index in [2.05, 4.69) is 4.98 Å². The molecule has 0 amide bonds. The Balaban J connectivity index is 2.32. The number of nitrogens with two attached hydrogens (primary N) is 1. The first kappa shape index (κ1) is 20.2. The van der Waals surface area contributed by atoms with E-state index in [0.717, 1.165) is 11.8 Å². The van der Waals surface area contributed by atoms with E-state index in [0.29, 0.717) is 23.5 Å². The number of benzene rings is 1. The Morgan fingerprint density at radius 2 is 1.77 bits per heavy atom. The molecule has 1 aromatic carbocycles. The van der Waals surface area contributed by atoms with Gasteiger partial charge in [-0.05, 0) is 61.6 Å². The van der Waals surface area contributed by atoms with Crippen molar-refractivity contribution >= 4 is 0 Å². The number of nitrogens with zero attached hydrogens (tertiary/aromatic N) is 1. The summed E-state index contributed by atoms with van der Waals surface area (Å²) in [4.78, 5) is 4.07. The highest BCUT2D eigenvalue weighted by Crippen LogP contribution is 2.39. The first-order valence-electron chi connectivity index (χ1n) is 8.54. The molecule has 0 aliphatic rings. The van der Waals surface area contributed by atoms with E-state index in [1.54, 1.807) is 38.2 Å². The summed E-state index contributed by atoms with van der Waals surface area (Å²) in [6.07, 6.45) is -2.28. The lowest BCUT2D eigenvalue weighted by atomic mass is 9.93. The fourth-order valence-corrected chi connectivity index (χ4v) is 3.02. The maximum atomic E-state index is 13.5. The second kappa shape index (κ2) is 7.66. The molecule has 2 aromatic rings. The van der Waals surface area contributed by atoms with Crippen molar-refractivity contribution in [1.82, 2.24) is 4.98 Å². The standard InChI is InChI=1S/C20H25F3N2O/c1-13(2)11-19(4,24)12-26-18-6-5-15(10-17(18)20(21,22)23)16-7-8-25-14(3)9-16/h5-10,13H,11-12,24H2,1-4H3. The largest absolute Gasteiger partial charge is 0.491 e. The summed E-state index contributed by atoms with van der Waals surface area (Å²) in [7, 11) is 0. The predicted octanol–water partition coefficient (Wildman–Crippen LogP) is 5.22. The van der Waals surface area contributed by atoms with Crippen molar-refractivity contribution in [3.63, 3.8) is 0 Å². The maximum absolute atomic E-state index is 13.5. The highest BCUT2D eigenvalue weighted by Gasteiger charge is 2.35. The summed E-state index contributed by atoms with van der Waals surface area (Å²) < 4.78 is 46.1.